The Morgan fingerprint density at radius 1 is 1.31 bits per heavy atom. The molecule has 1 aliphatic rings. The van der Waals surface area contributed by atoms with Crippen LogP contribution in [0.2, 0.25) is 0 Å². The van der Waals surface area contributed by atoms with E-state index >= 15 is 0 Å². The van der Waals surface area contributed by atoms with E-state index in [9.17, 15) is 4.39 Å². The third-order valence-electron chi connectivity index (χ3n) is 3.03. The van der Waals surface area contributed by atoms with Gasteiger partial charge < -0.3 is 0 Å². The standard InChI is InChI=1S/C11H22FN/c1-3-5-6-9-7-10(4-2)13-11(12)8-9/h9-11,13H,3-8H2,1-2H3. The average molecular weight is 187 g/mol. The quantitative estimate of drug-likeness (QED) is 0.666. The van der Waals surface area contributed by atoms with Gasteiger partial charge in [-0.05, 0) is 25.2 Å². The van der Waals surface area contributed by atoms with Crippen molar-refractivity contribution in [1.82, 2.24) is 5.32 Å². The Morgan fingerprint density at radius 3 is 2.69 bits per heavy atom. The average Bonchev–Trinajstić information content (AvgIpc) is 2.14. The minimum absolute atomic E-state index is 0.422. The highest BCUT2D eigenvalue weighted by atomic mass is 19.1. The van der Waals surface area contributed by atoms with E-state index < -0.39 is 6.30 Å². The SMILES string of the molecule is CCCCC1CC(F)NC(CC)C1. The van der Waals surface area contributed by atoms with Gasteiger partial charge >= 0.3 is 0 Å². The third kappa shape index (κ3) is 3.63. The molecule has 1 heterocycles. The summed E-state index contributed by atoms with van der Waals surface area (Å²) in [5, 5.41) is 3.01. The summed E-state index contributed by atoms with van der Waals surface area (Å²) < 4.78 is 13.2. The molecule has 1 rings (SSSR count). The van der Waals surface area contributed by atoms with Crippen molar-refractivity contribution in [1.29, 1.82) is 0 Å². The van der Waals surface area contributed by atoms with Gasteiger partial charge in [0.1, 0.15) is 0 Å². The third-order valence-corrected chi connectivity index (χ3v) is 3.03. The molecule has 1 fully saturated rings. The molecule has 1 aliphatic heterocycles. The summed E-state index contributed by atoms with van der Waals surface area (Å²) in [5.41, 5.74) is 0. The Kier molecular flexibility index (Phi) is 4.71. The van der Waals surface area contributed by atoms with Gasteiger partial charge in [0, 0.05) is 6.04 Å². The minimum Gasteiger partial charge on any atom is -0.285 e. The van der Waals surface area contributed by atoms with E-state index in [-0.39, 0.29) is 0 Å². The number of rotatable bonds is 4. The molecule has 0 bridgehead atoms. The molecule has 0 aromatic rings. The molecule has 0 spiro atoms. The molecule has 13 heavy (non-hydrogen) atoms. The van der Waals surface area contributed by atoms with Gasteiger partial charge in [0.15, 0.2) is 6.30 Å². The molecule has 0 aromatic heterocycles. The van der Waals surface area contributed by atoms with Gasteiger partial charge in [-0.2, -0.15) is 0 Å². The fraction of sp³-hybridized carbons (Fsp3) is 1.00. The van der Waals surface area contributed by atoms with E-state index in [2.05, 4.69) is 19.2 Å². The zero-order valence-electron chi connectivity index (χ0n) is 8.85. The van der Waals surface area contributed by atoms with Crippen LogP contribution in [-0.2, 0) is 0 Å². The highest BCUT2D eigenvalue weighted by Crippen LogP contribution is 2.26. The van der Waals surface area contributed by atoms with E-state index in [4.69, 9.17) is 0 Å². The summed E-state index contributed by atoms with van der Waals surface area (Å²) in [4.78, 5) is 0. The monoisotopic (exact) mass is 187 g/mol. The van der Waals surface area contributed by atoms with Crippen molar-refractivity contribution < 1.29 is 4.39 Å². The predicted molar refractivity (Wildman–Crippen MR) is 54.4 cm³/mol. The van der Waals surface area contributed by atoms with Gasteiger partial charge in [-0.3, -0.25) is 5.32 Å². The molecule has 1 nitrogen and oxygen atoms in total. The van der Waals surface area contributed by atoms with Crippen LogP contribution in [0.3, 0.4) is 0 Å². The molecule has 0 amide bonds. The lowest BCUT2D eigenvalue weighted by molar-refractivity contribution is 0.131. The van der Waals surface area contributed by atoms with Crippen molar-refractivity contribution in [3.05, 3.63) is 0 Å². The van der Waals surface area contributed by atoms with E-state index in [1.807, 2.05) is 0 Å². The maximum absolute atomic E-state index is 13.2. The molecular formula is C11H22FN. The van der Waals surface area contributed by atoms with Crippen LogP contribution in [0.1, 0.15) is 52.4 Å². The Hall–Kier alpha value is -0.110. The summed E-state index contributed by atoms with van der Waals surface area (Å²) in [7, 11) is 0. The van der Waals surface area contributed by atoms with Crippen molar-refractivity contribution in [3.63, 3.8) is 0 Å². The first-order chi connectivity index (χ1) is 6.26. The smallest absolute Gasteiger partial charge is 0.151 e. The van der Waals surface area contributed by atoms with Crippen LogP contribution in [0.15, 0.2) is 0 Å². The van der Waals surface area contributed by atoms with Gasteiger partial charge in [0.05, 0.1) is 0 Å². The summed E-state index contributed by atoms with van der Waals surface area (Å²) in [5.74, 6) is 0.626. The number of halogens is 1. The van der Waals surface area contributed by atoms with E-state index in [1.165, 1.54) is 25.7 Å². The molecule has 1 saturated heterocycles. The largest absolute Gasteiger partial charge is 0.285 e. The summed E-state index contributed by atoms with van der Waals surface area (Å²) >= 11 is 0. The van der Waals surface area contributed by atoms with Gasteiger partial charge in [-0.15, -0.1) is 0 Å². The van der Waals surface area contributed by atoms with Crippen LogP contribution in [0.5, 0.6) is 0 Å². The molecule has 3 unspecified atom stereocenters. The lowest BCUT2D eigenvalue weighted by Gasteiger charge is -2.32. The zero-order chi connectivity index (χ0) is 9.68. The fourth-order valence-corrected chi connectivity index (χ4v) is 2.20. The Balaban J connectivity index is 2.29. The number of piperidine rings is 1. The summed E-state index contributed by atoms with van der Waals surface area (Å²) in [6.07, 6.45) is 5.93. The minimum atomic E-state index is -0.749. The van der Waals surface area contributed by atoms with Crippen molar-refractivity contribution in [2.24, 2.45) is 5.92 Å². The molecule has 0 radical (unpaired) electrons. The molecule has 0 aliphatic carbocycles. The van der Waals surface area contributed by atoms with Crippen LogP contribution >= 0.6 is 0 Å². The first kappa shape index (κ1) is 11.0. The number of unbranched alkanes of at least 4 members (excludes halogenated alkanes) is 1. The van der Waals surface area contributed by atoms with Crippen molar-refractivity contribution in [2.75, 3.05) is 0 Å². The highest BCUT2D eigenvalue weighted by Gasteiger charge is 2.26. The Morgan fingerprint density at radius 2 is 2.08 bits per heavy atom. The molecule has 0 saturated carbocycles. The number of hydrogen-bond donors (Lipinski definition) is 1. The van der Waals surface area contributed by atoms with Gasteiger partial charge in [-0.1, -0.05) is 33.1 Å². The lowest BCUT2D eigenvalue weighted by Crippen LogP contribution is -2.42. The highest BCUT2D eigenvalue weighted by molar-refractivity contribution is 4.79. The normalized spacial score (nSPS) is 34.8. The van der Waals surface area contributed by atoms with Gasteiger partial charge in [0.25, 0.3) is 0 Å². The van der Waals surface area contributed by atoms with Crippen LogP contribution in [-0.4, -0.2) is 12.3 Å². The maximum atomic E-state index is 13.2. The van der Waals surface area contributed by atoms with Crippen LogP contribution < -0.4 is 5.32 Å². The summed E-state index contributed by atoms with van der Waals surface area (Å²) in [6, 6.07) is 0.422. The Labute approximate surface area is 81.1 Å². The van der Waals surface area contributed by atoms with Crippen LogP contribution in [0.4, 0.5) is 4.39 Å². The second-order valence-electron chi connectivity index (χ2n) is 4.22. The first-order valence-corrected chi connectivity index (χ1v) is 5.66. The van der Waals surface area contributed by atoms with E-state index in [0.29, 0.717) is 12.0 Å². The number of nitrogens with one attached hydrogen (secondary N) is 1. The molecule has 1 N–H and O–H groups in total. The Bertz CT molecular complexity index is 138. The summed E-state index contributed by atoms with van der Waals surface area (Å²) in [6.45, 7) is 4.33. The first-order valence-electron chi connectivity index (χ1n) is 5.66. The molecule has 0 aromatic carbocycles. The van der Waals surface area contributed by atoms with E-state index in [1.54, 1.807) is 0 Å². The van der Waals surface area contributed by atoms with Crippen molar-refractivity contribution in [3.8, 4) is 0 Å². The van der Waals surface area contributed by atoms with E-state index in [0.717, 1.165) is 12.8 Å². The second-order valence-corrected chi connectivity index (χ2v) is 4.22. The lowest BCUT2D eigenvalue weighted by atomic mass is 9.87. The predicted octanol–water partition coefficient (Wildman–Crippen LogP) is 3.25. The van der Waals surface area contributed by atoms with Gasteiger partial charge in [-0.25, -0.2) is 4.39 Å². The van der Waals surface area contributed by atoms with Crippen LogP contribution in [0, 0.1) is 5.92 Å². The number of hydrogen-bond acceptors (Lipinski definition) is 1. The van der Waals surface area contributed by atoms with Crippen molar-refractivity contribution >= 4 is 0 Å². The van der Waals surface area contributed by atoms with Gasteiger partial charge in [0.2, 0.25) is 0 Å². The fourth-order valence-electron chi connectivity index (χ4n) is 2.20. The molecule has 78 valence electrons. The second kappa shape index (κ2) is 5.58. The molecule has 2 heteroatoms. The maximum Gasteiger partial charge on any atom is 0.151 e. The van der Waals surface area contributed by atoms with Crippen molar-refractivity contribution in [2.45, 2.75) is 64.7 Å². The molecular weight excluding hydrogens is 165 g/mol. The molecule has 3 atom stereocenters. The van der Waals surface area contributed by atoms with Crippen LogP contribution in [0.25, 0.3) is 0 Å². The zero-order valence-corrected chi connectivity index (χ0v) is 8.85. The number of alkyl halides is 1. The topological polar surface area (TPSA) is 12.0 Å².